The first kappa shape index (κ1) is 74.4. The van der Waals surface area contributed by atoms with Crippen LogP contribution in [0.2, 0.25) is 0 Å². The van der Waals surface area contributed by atoms with E-state index < -0.39 is 49.5 Å². The maximum atomic E-state index is 13.1. The van der Waals surface area contributed by atoms with Crippen molar-refractivity contribution >= 4 is 5.91 Å². The minimum atomic E-state index is -1.57. The molecule has 78 heavy (non-hydrogen) atoms. The van der Waals surface area contributed by atoms with E-state index in [0.717, 1.165) is 44.9 Å². The van der Waals surface area contributed by atoms with Crippen LogP contribution in [0.15, 0.2) is 36.5 Å². The predicted molar refractivity (Wildman–Crippen MR) is 332 cm³/mol. The lowest BCUT2D eigenvalue weighted by molar-refractivity contribution is -0.302. The van der Waals surface area contributed by atoms with Gasteiger partial charge in [0.1, 0.15) is 24.4 Å². The number of hydrogen-bond acceptors (Lipinski definition) is 8. The van der Waals surface area contributed by atoms with Gasteiger partial charge in [-0.3, -0.25) is 4.79 Å². The van der Waals surface area contributed by atoms with Crippen LogP contribution < -0.4 is 5.32 Å². The first-order valence-corrected chi connectivity index (χ1v) is 34.2. The quantitative estimate of drug-likeness (QED) is 0.0261. The molecule has 1 saturated heterocycles. The number of aliphatic hydroxyl groups excluding tert-OH is 5. The van der Waals surface area contributed by atoms with Crippen molar-refractivity contribution in [2.45, 2.75) is 384 Å². The second-order valence-electron chi connectivity index (χ2n) is 24.0. The maximum absolute atomic E-state index is 13.1. The van der Waals surface area contributed by atoms with Crippen LogP contribution in [0.4, 0.5) is 0 Å². The summed E-state index contributed by atoms with van der Waals surface area (Å²) >= 11 is 0. The molecule has 7 unspecified atom stereocenters. The maximum Gasteiger partial charge on any atom is 0.220 e. The number of carbonyl (C=O) groups is 1. The molecule has 460 valence electrons. The molecule has 0 aromatic rings. The molecule has 1 aliphatic heterocycles. The number of rotatable bonds is 60. The standard InChI is InChI=1S/C69H131NO8/c1-3-5-7-9-11-13-15-17-19-21-23-24-25-26-27-28-29-30-31-32-33-34-35-36-37-38-39-40-41-43-45-47-49-51-53-55-57-59-65(73)70-62(61-77-69-68(76)67(75)66(74)64(60-71)78-69)63(72)58-56-54-52-50-48-46-44-42-22-20-18-16-14-12-10-8-6-4-2/h15,17,21,23,56,58,62-64,66-69,71-72,74-76H,3-14,16,18-20,22,24-55,57,59-61H2,1-2H3,(H,70,73)/b17-15-,23-21-,58-56+. The molecule has 0 bridgehead atoms. The zero-order valence-corrected chi connectivity index (χ0v) is 51.4. The normalized spacial score (nSPS) is 18.8. The molecule has 1 fully saturated rings. The largest absolute Gasteiger partial charge is 0.394 e. The summed E-state index contributed by atoms with van der Waals surface area (Å²) in [5, 5.41) is 54.7. The number of nitrogens with one attached hydrogen (secondary N) is 1. The second kappa shape index (κ2) is 58.6. The number of amides is 1. The third-order valence-electron chi connectivity index (χ3n) is 16.5. The summed E-state index contributed by atoms with van der Waals surface area (Å²) in [6, 6.07) is -0.803. The summed E-state index contributed by atoms with van der Waals surface area (Å²) in [7, 11) is 0. The highest BCUT2D eigenvalue weighted by atomic mass is 16.7. The van der Waals surface area contributed by atoms with E-state index in [4.69, 9.17) is 9.47 Å². The van der Waals surface area contributed by atoms with E-state index >= 15 is 0 Å². The van der Waals surface area contributed by atoms with E-state index in [1.807, 2.05) is 6.08 Å². The number of aliphatic hydroxyl groups is 5. The molecule has 1 heterocycles. The molecule has 0 aromatic heterocycles. The summed E-state index contributed by atoms with van der Waals surface area (Å²) in [5.41, 5.74) is 0. The van der Waals surface area contributed by atoms with Crippen molar-refractivity contribution in [1.29, 1.82) is 0 Å². The van der Waals surface area contributed by atoms with Gasteiger partial charge < -0.3 is 40.3 Å². The Labute approximate surface area is 482 Å². The van der Waals surface area contributed by atoms with Gasteiger partial charge in [0.15, 0.2) is 6.29 Å². The highest BCUT2D eigenvalue weighted by Crippen LogP contribution is 2.23. The fourth-order valence-electron chi connectivity index (χ4n) is 11.1. The molecule has 0 radical (unpaired) electrons. The fraction of sp³-hybridized carbons (Fsp3) is 0.899. The lowest BCUT2D eigenvalue weighted by atomic mass is 9.99. The van der Waals surface area contributed by atoms with Gasteiger partial charge in [-0.25, -0.2) is 0 Å². The van der Waals surface area contributed by atoms with Crippen LogP contribution in [-0.2, 0) is 14.3 Å². The van der Waals surface area contributed by atoms with Crippen molar-refractivity contribution in [3.63, 3.8) is 0 Å². The molecular weight excluding hydrogens is 971 g/mol. The number of ether oxygens (including phenoxy) is 2. The van der Waals surface area contributed by atoms with Gasteiger partial charge in [-0.1, -0.05) is 320 Å². The van der Waals surface area contributed by atoms with E-state index in [9.17, 15) is 30.3 Å². The zero-order chi connectivity index (χ0) is 56.5. The summed E-state index contributed by atoms with van der Waals surface area (Å²) in [4.78, 5) is 13.1. The van der Waals surface area contributed by atoms with E-state index in [2.05, 4.69) is 43.5 Å². The summed E-state index contributed by atoms with van der Waals surface area (Å²) in [6.45, 7) is 3.81. The molecule has 1 aliphatic rings. The van der Waals surface area contributed by atoms with Gasteiger partial charge in [0.25, 0.3) is 0 Å². The first-order chi connectivity index (χ1) is 38.3. The predicted octanol–water partition coefficient (Wildman–Crippen LogP) is 18.3. The molecule has 7 atom stereocenters. The third-order valence-corrected chi connectivity index (χ3v) is 16.5. The number of hydrogen-bond donors (Lipinski definition) is 6. The number of carbonyl (C=O) groups excluding carboxylic acids is 1. The lowest BCUT2D eigenvalue weighted by Crippen LogP contribution is -2.60. The topological polar surface area (TPSA) is 149 Å². The van der Waals surface area contributed by atoms with Crippen molar-refractivity contribution < 1.29 is 39.8 Å². The molecular formula is C69H131NO8. The van der Waals surface area contributed by atoms with E-state index in [-0.39, 0.29) is 12.5 Å². The van der Waals surface area contributed by atoms with Crippen LogP contribution >= 0.6 is 0 Å². The van der Waals surface area contributed by atoms with Gasteiger partial charge in [0.05, 0.1) is 25.4 Å². The second-order valence-corrected chi connectivity index (χ2v) is 24.0. The van der Waals surface area contributed by atoms with Crippen LogP contribution in [-0.4, -0.2) is 87.5 Å². The van der Waals surface area contributed by atoms with Gasteiger partial charge in [-0.2, -0.15) is 0 Å². The Morgan fingerprint density at radius 1 is 0.436 bits per heavy atom. The minimum Gasteiger partial charge on any atom is -0.394 e. The van der Waals surface area contributed by atoms with Crippen LogP contribution in [0.3, 0.4) is 0 Å². The first-order valence-electron chi connectivity index (χ1n) is 34.2. The van der Waals surface area contributed by atoms with Crippen LogP contribution in [0.1, 0.15) is 341 Å². The average Bonchev–Trinajstić information content (AvgIpc) is 3.45. The molecule has 0 aliphatic carbocycles. The van der Waals surface area contributed by atoms with Crippen molar-refractivity contribution in [2.24, 2.45) is 0 Å². The van der Waals surface area contributed by atoms with E-state index in [0.29, 0.717) is 6.42 Å². The Hall–Kier alpha value is -1.59. The zero-order valence-electron chi connectivity index (χ0n) is 51.4. The van der Waals surface area contributed by atoms with Gasteiger partial charge in [0, 0.05) is 6.42 Å². The molecule has 0 spiro atoms. The Balaban J connectivity index is 2.07. The highest BCUT2D eigenvalue weighted by molar-refractivity contribution is 5.76. The lowest BCUT2D eigenvalue weighted by Gasteiger charge is -2.40. The van der Waals surface area contributed by atoms with Gasteiger partial charge >= 0.3 is 0 Å². The Morgan fingerprint density at radius 3 is 1.10 bits per heavy atom. The Morgan fingerprint density at radius 2 is 0.756 bits per heavy atom. The molecule has 6 N–H and O–H groups in total. The fourth-order valence-corrected chi connectivity index (χ4v) is 11.1. The van der Waals surface area contributed by atoms with Crippen LogP contribution in [0, 0.1) is 0 Å². The highest BCUT2D eigenvalue weighted by Gasteiger charge is 2.44. The number of unbranched alkanes of at least 4 members (excludes halogenated alkanes) is 46. The molecule has 0 saturated carbocycles. The smallest absolute Gasteiger partial charge is 0.220 e. The summed E-state index contributed by atoms with van der Waals surface area (Å²) in [6.07, 6.45) is 71.1. The number of allylic oxidation sites excluding steroid dienone is 5. The monoisotopic (exact) mass is 1100 g/mol. The Kier molecular flexibility index (Phi) is 55.9. The van der Waals surface area contributed by atoms with E-state index in [1.165, 1.54) is 276 Å². The van der Waals surface area contributed by atoms with Crippen LogP contribution in [0.5, 0.6) is 0 Å². The van der Waals surface area contributed by atoms with Crippen molar-refractivity contribution in [3.05, 3.63) is 36.5 Å². The molecule has 9 heteroatoms. The minimum absolute atomic E-state index is 0.170. The Bertz CT molecular complexity index is 1320. The summed E-state index contributed by atoms with van der Waals surface area (Å²) in [5.74, 6) is -0.170. The molecule has 1 amide bonds. The SMILES string of the molecule is CCCCCCC/C=C\C/C=C\CCCCCCCCCCCCCCCCCCCCCCCCCCCC(=O)NC(COC1OC(CO)C(O)C(O)C1O)C(O)/C=C/CCCCCCCCCCCCCCCCCC. The molecule has 9 nitrogen and oxygen atoms in total. The van der Waals surface area contributed by atoms with Gasteiger partial charge in [-0.05, 0) is 51.4 Å². The molecule has 0 aromatic carbocycles. The van der Waals surface area contributed by atoms with Gasteiger partial charge in [-0.15, -0.1) is 0 Å². The average molecular weight is 1100 g/mol. The van der Waals surface area contributed by atoms with Crippen molar-refractivity contribution in [1.82, 2.24) is 5.32 Å². The van der Waals surface area contributed by atoms with Crippen molar-refractivity contribution in [2.75, 3.05) is 13.2 Å². The summed E-state index contributed by atoms with van der Waals surface area (Å²) < 4.78 is 11.3. The van der Waals surface area contributed by atoms with Crippen LogP contribution in [0.25, 0.3) is 0 Å². The van der Waals surface area contributed by atoms with Gasteiger partial charge in [0.2, 0.25) is 5.91 Å². The third kappa shape index (κ3) is 47.0. The van der Waals surface area contributed by atoms with E-state index in [1.54, 1.807) is 6.08 Å². The molecule has 1 rings (SSSR count). The van der Waals surface area contributed by atoms with Crippen molar-refractivity contribution in [3.8, 4) is 0 Å².